The van der Waals surface area contributed by atoms with E-state index in [-0.39, 0.29) is 11.9 Å². The van der Waals surface area contributed by atoms with E-state index in [0.717, 1.165) is 70.1 Å². The standard InChI is InChI=1S/C31H38N4O2/c36-31(30-8-4-17-32-30)33-28-13-9-25(10-14-28)22-34-18-5-19-35(21-20-34)23-26-11-15-29(16-12-26)37-24-27-6-2-1-3-7-27/h1-3,6-7,9-16,30,32H,4-5,8,17-24H2,(H,33,36)/t30-/m0/s1. The van der Waals surface area contributed by atoms with Crippen molar-refractivity contribution in [2.75, 3.05) is 38.0 Å². The number of ether oxygens (including phenoxy) is 1. The summed E-state index contributed by atoms with van der Waals surface area (Å²) in [7, 11) is 0. The number of rotatable bonds is 9. The lowest BCUT2D eigenvalue weighted by atomic mass is 10.1. The quantitative estimate of drug-likeness (QED) is 0.449. The molecule has 37 heavy (non-hydrogen) atoms. The smallest absolute Gasteiger partial charge is 0.241 e. The van der Waals surface area contributed by atoms with Crippen molar-refractivity contribution in [2.45, 2.75) is 45.0 Å². The minimum atomic E-state index is -0.0503. The van der Waals surface area contributed by atoms with E-state index >= 15 is 0 Å². The fourth-order valence-corrected chi connectivity index (χ4v) is 5.12. The predicted molar refractivity (Wildman–Crippen MR) is 148 cm³/mol. The summed E-state index contributed by atoms with van der Waals surface area (Å²) in [6.07, 6.45) is 3.16. The van der Waals surface area contributed by atoms with E-state index in [2.05, 4.69) is 69.0 Å². The molecule has 3 aromatic rings. The van der Waals surface area contributed by atoms with E-state index in [0.29, 0.717) is 6.61 Å². The highest BCUT2D eigenvalue weighted by atomic mass is 16.5. The molecule has 0 aromatic heterocycles. The monoisotopic (exact) mass is 498 g/mol. The van der Waals surface area contributed by atoms with E-state index in [9.17, 15) is 4.79 Å². The Bertz CT molecular complexity index is 1110. The van der Waals surface area contributed by atoms with Gasteiger partial charge in [-0.2, -0.15) is 0 Å². The highest BCUT2D eigenvalue weighted by Crippen LogP contribution is 2.18. The first-order valence-electron chi connectivity index (χ1n) is 13.5. The third-order valence-electron chi connectivity index (χ3n) is 7.26. The molecule has 0 spiro atoms. The van der Waals surface area contributed by atoms with Crippen molar-refractivity contribution in [3.05, 3.63) is 95.6 Å². The van der Waals surface area contributed by atoms with E-state index in [1.165, 1.54) is 23.1 Å². The summed E-state index contributed by atoms with van der Waals surface area (Å²) in [6, 6.07) is 27.1. The van der Waals surface area contributed by atoms with Crippen LogP contribution in [0, 0.1) is 0 Å². The molecule has 2 aliphatic rings. The lowest BCUT2D eigenvalue weighted by molar-refractivity contribution is -0.117. The summed E-state index contributed by atoms with van der Waals surface area (Å²) >= 11 is 0. The van der Waals surface area contributed by atoms with Crippen LogP contribution >= 0.6 is 0 Å². The summed E-state index contributed by atoms with van der Waals surface area (Å²) in [4.78, 5) is 17.4. The number of hydrogen-bond acceptors (Lipinski definition) is 5. The second-order valence-corrected chi connectivity index (χ2v) is 10.2. The number of carbonyl (C=O) groups excluding carboxylic acids is 1. The fourth-order valence-electron chi connectivity index (χ4n) is 5.12. The summed E-state index contributed by atoms with van der Waals surface area (Å²) in [5, 5.41) is 6.29. The van der Waals surface area contributed by atoms with Crippen molar-refractivity contribution in [1.82, 2.24) is 15.1 Å². The maximum atomic E-state index is 12.3. The number of nitrogens with zero attached hydrogens (tertiary/aromatic N) is 2. The van der Waals surface area contributed by atoms with Crippen LogP contribution < -0.4 is 15.4 Å². The van der Waals surface area contributed by atoms with Gasteiger partial charge >= 0.3 is 0 Å². The Balaban J connectivity index is 1.05. The molecular weight excluding hydrogens is 460 g/mol. The van der Waals surface area contributed by atoms with Crippen molar-refractivity contribution >= 4 is 11.6 Å². The fraction of sp³-hybridized carbons (Fsp3) is 0.387. The Morgan fingerprint density at radius 1 is 0.784 bits per heavy atom. The van der Waals surface area contributed by atoms with Crippen molar-refractivity contribution in [3.8, 4) is 5.75 Å². The van der Waals surface area contributed by atoms with E-state index in [1.807, 2.05) is 30.3 Å². The third kappa shape index (κ3) is 7.65. The molecule has 2 aliphatic heterocycles. The van der Waals surface area contributed by atoms with Crippen LogP contribution in [0.2, 0.25) is 0 Å². The highest BCUT2D eigenvalue weighted by Gasteiger charge is 2.22. The maximum absolute atomic E-state index is 12.3. The second kappa shape index (κ2) is 12.9. The Hall–Kier alpha value is -3.19. The molecule has 6 nitrogen and oxygen atoms in total. The van der Waals surface area contributed by atoms with Gasteiger partial charge in [-0.25, -0.2) is 0 Å². The average molecular weight is 499 g/mol. The molecule has 1 atom stereocenters. The van der Waals surface area contributed by atoms with E-state index < -0.39 is 0 Å². The van der Waals surface area contributed by atoms with Crippen molar-refractivity contribution in [2.24, 2.45) is 0 Å². The van der Waals surface area contributed by atoms with Gasteiger partial charge < -0.3 is 15.4 Å². The lowest BCUT2D eigenvalue weighted by Gasteiger charge is -2.22. The summed E-state index contributed by atoms with van der Waals surface area (Å²) in [5.74, 6) is 0.989. The zero-order valence-corrected chi connectivity index (χ0v) is 21.6. The minimum absolute atomic E-state index is 0.0503. The van der Waals surface area contributed by atoms with Gasteiger partial charge in [0, 0.05) is 31.9 Å². The number of hydrogen-bond donors (Lipinski definition) is 2. The molecule has 1 amide bonds. The molecule has 0 aliphatic carbocycles. The molecular formula is C31H38N4O2. The lowest BCUT2D eigenvalue weighted by Crippen LogP contribution is -2.35. The molecule has 194 valence electrons. The molecule has 2 N–H and O–H groups in total. The van der Waals surface area contributed by atoms with Crippen molar-refractivity contribution < 1.29 is 9.53 Å². The molecule has 5 rings (SSSR count). The molecule has 0 bridgehead atoms. The van der Waals surface area contributed by atoms with E-state index in [1.54, 1.807) is 0 Å². The topological polar surface area (TPSA) is 56.8 Å². The molecule has 0 unspecified atom stereocenters. The molecule has 3 aromatic carbocycles. The molecule has 0 radical (unpaired) electrons. The van der Waals surface area contributed by atoms with Crippen LogP contribution in [0.3, 0.4) is 0 Å². The minimum Gasteiger partial charge on any atom is -0.489 e. The Labute approximate surface area is 220 Å². The normalized spacial score (nSPS) is 18.9. The van der Waals surface area contributed by atoms with Crippen LogP contribution in [0.15, 0.2) is 78.9 Å². The molecule has 2 saturated heterocycles. The van der Waals surface area contributed by atoms with Gasteiger partial charge in [0.05, 0.1) is 6.04 Å². The number of anilines is 1. The maximum Gasteiger partial charge on any atom is 0.241 e. The van der Waals surface area contributed by atoms with Gasteiger partial charge in [0.1, 0.15) is 12.4 Å². The van der Waals surface area contributed by atoms with Crippen LogP contribution in [0.4, 0.5) is 5.69 Å². The summed E-state index contributed by atoms with van der Waals surface area (Å²) < 4.78 is 5.93. The van der Waals surface area contributed by atoms with Gasteiger partial charge in [0.25, 0.3) is 0 Å². The summed E-state index contributed by atoms with van der Waals surface area (Å²) in [5.41, 5.74) is 4.67. The molecule has 6 heteroatoms. The van der Waals surface area contributed by atoms with Crippen LogP contribution in [0.1, 0.15) is 36.0 Å². The highest BCUT2D eigenvalue weighted by molar-refractivity contribution is 5.95. The van der Waals surface area contributed by atoms with Gasteiger partial charge in [-0.1, -0.05) is 54.6 Å². The van der Waals surface area contributed by atoms with Crippen LogP contribution in [-0.2, 0) is 24.5 Å². The number of amides is 1. The molecule has 2 heterocycles. The van der Waals surface area contributed by atoms with Crippen LogP contribution in [0.5, 0.6) is 5.75 Å². The van der Waals surface area contributed by atoms with Gasteiger partial charge in [-0.15, -0.1) is 0 Å². The second-order valence-electron chi connectivity index (χ2n) is 10.2. The van der Waals surface area contributed by atoms with Crippen molar-refractivity contribution in [1.29, 1.82) is 0 Å². The summed E-state index contributed by atoms with van der Waals surface area (Å²) in [6.45, 7) is 7.78. The van der Waals surface area contributed by atoms with Gasteiger partial charge in [0.15, 0.2) is 0 Å². The van der Waals surface area contributed by atoms with Gasteiger partial charge in [-0.3, -0.25) is 14.6 Å². The molecule has 2 fully saturated rings. The van der Waals surface area contributed by atoms with Crippen molar-refractivity contribution in [3.63, 3.8) is 0 Å². The largest absolute Gasteiger partial charge is 0.489 e. The SMILES string of the molecule is O=C(Nc1ccc(CN2CCCN(Cc3ccc(OCc4ccccc4)cc3)CC2)cc1)[C@@H]1CCCN1. The third-order valence-corrected chi connectivity index (χ3v) is 7.26. The van der Waals surface area contributed by atoms with Gasteiger partial charge in [0.2, 0.25) is 5.91 Å². The van der Waals surface area contributed by atoms with E-state index in [4.69, 9.17) is 4.74 Å². The molecule has 0 saturated carbocycles. The zero-order valence-electron chi connectivity index (χ0n) is 21.6. The predicted octanol–water partition coefficient (Wildman–Crippen LogP) is 4.66. The zero-order chi connectivity index (χ0) is 25.3. The first-order valence-corrected chi connectivity index (χ1v) is 13.5. The van der Waals surface area contributed by atoms with Crippen LogP contribution in [0.25, 0.3) is 0 Å². The average Bonchev–Trinajstić information content (AvgIpc) is 3.39. The van der Waals surface area contributed by atoms with Crippen LogP contribution in [-0.4, -0.2) is 54.5 Å². The Morgan fingerprint density at radius 2 is 1.43 bits per heavy atom. The number of carbonyl (C=O) groups is 1. The first kappa shape index (κ1) is 25.5. The first-order chi connectivity index (χ1) is 18.2. The Morgan fingerprint density at radius 3 is 2.05 bits per heavy atom. The Kier molecular flexibility index (Phi) is 8.85. The number of benzene rings is 3. The number of nitrogens with one attached hydrogen (secondary N) is 2. The van der Waals surface area contributed by atoms with Gasteiger partial charge in [-0.05, 0) is 79.9 Å².